The first-order valence-electron chi connectivity index (χ1n) is 16.5. The van der Waals surface area contributed by atoms with E-state index in [1.165, 1.54) is 44.9 Å². The van der Waals surface area contributed by atoms with E-state index in [1.807, 2.05) is 0 Å². The maximum absolute atomic E-state index is 12.5. The number of unbranched alkanes of at least 4 members (excludes halogenated alkanes) is 14. The average Bonchev–Trinajstić information content (AvgIpc) is 2.91. The highest BCUT2D eigenvalue weighted by atomic mass is 16.5. The summed E-state index contributed by atoms with van der Waals surface area (Å²) in [5.41, 5.74) is 0. The number of rotatable bonds is 29. The van der Waals surface area contributed by atoms with Crippen molar-refractivity contribution in [1.29, 1.82) is 0 Å². The lowest BCUT2D eigenvalue weighted by Gasteiger charge is -2.18. The van der Waals surface area contributed by atoms with Crippen molar-refractivity contribution in [2.45, 2.75) is 174 Å². The number of ether oxygens (including phenoxy) is 1. The summed E-state index contributed by atoms with van der Waals surface area (Å²) in [4.78, 5) is 23.1. The highest BCUT2D eigenvalue weighted by Crippen LogP contribution is 2.18. The van der Waals surface area contributed by atoms with E-state index in [0.29, 0.717) is 6.42 Å². The minimum atomic E-state index is -0.697. The van der Waals surface area contributed by atoms with Gasteiger partial charge in [-0.1, -0.05) is 121 Å². The molecule has 0 spiro atoms. The molecule has 0 saturated heterocycles. The standard InChI is InChI=1S/C35H62O4/c1-3-5-7-9-10-11-12-13-14-15-16-17-18-24-28-32-35(38)39-33(29-25-21-8-6-4-2)30-26-22-19-20-23-27-31-34(36)37/h5,7,10-11,13-14,33H,3-4,6,8-9,12,15-32H2,1-2H3,(H,36,37)/b7-5-,11-10-,14-13-. The van der Waals surface area contributed by atoms with Crippen LogP contribution in [0.4, 0.5) is 0 Å². The first-order valence-corrected chi connectivity index (χ1v) is 16.5. The second-order valence-corrected chi connectivity index (χ2v) is 11.0. The van der Waals surface area contributed by atoms with Crippen molar-refractivity contribution in [3.63, 3.8) is 0 Å². The van der Waals surface area contributed by atoms with Crippen molar-refractivity contribution in [2.24, 2.45) is 0 Å². The van der Waals surface area contributed by atoms with Gasteiger partial charge in [0.2, 0.25) is 0 Å². The largest absolute Gasteiger partial charge is 0.481 e. The Morgan fingerprint density at radius 2 is 1.08 bits per heavy atom. The third kappa shape index (κ3) is 30.6. The van der Waals surface area contributed by atoms with Crippen molar-refractivity contribution < 1.29 is 19.4 Å². The number of carboxylic acid groups (broad SMARTS) is 1. The number of carboxylic acids is 1. The van der Waals surface area contributed by atoms with Crippen LogP contribution in [0, 0.1) is 0 Å². The van der Waals surface area contributed by atoms with Crippen molar-refractivity contribution in [3.05, 3.63) is 36.5 Å². The minimum absolute atomic E-state index is 0.0107. The van der Waals surface area contributed by atoms with Crippen LogP contribution in [0.3, 0.4) is 0 Å². The van der Waals surface area contributed by atoms with Gasteiger partial charge in [-0.3, -0.25) is 9.59 Å². The summed E-state index contributed by atoms with van der Waals surface area (Å²) in [7, 11) is 0. The Morgan fingerprint density at radius 3 is 1.67 bits per heavy atom. The molecule has 0 amide bonds. The van der Waals surface area contributed by atoms with Crippen LogP contribution in [-0.4, -0.2) is 23.1 Å². The molecule has 0 saturated carbocycles. The number of hydrogen-bond acceptors (Lipinski definition) is 3. The van der Waals surface area contributed by atoms with Crippen LogP contribution in [0.2, 0.25) is 0 Å². The lowest BCUT2D eigenvalue weighted by molar-refractivity contribution is -0.150. The first kappa shape index (κ1) is 37.2. The van der Waals surface area contributed by atoms with Gasteiger partial charge in [0, 0.05) is 12.8 Å². The van der Waals surface area contributed by atoms with Crippen molar-refractivity contribution in [1.82, 2.24) is 0 Å². The van der Waals surface area contributed by atoms with E-state index in [9.17, 15) is 9.59 Å². The Kier molecular flexibility index (Phi) is 29.2. The van der Waals surface area contributed by atoms with E-state index in [-0.39, 0.29) is 18.5 Å². The van der Waals surface area contributed by atoms with Crippen LogP contribution < -0.4 is 0 Å². The monoisotopic (exact) mass is 546 g/mol. The summed E-state index contributed by atoms with van der Waals surface area (Å²) in [6.45, 7) is 4.39. The van der Waals surface area contributed by atoms with Gasteiger partial charge in [-0.15, -0.1) is 0 Å². The first-order chi connectivity index (χ1) is 19.1. The van der Waals surface area contributed by atoms with Gasteiger partial charge in [0.05, 0.1) is 0 Å². The molecule has 39 heavy (non-hydrogen) atoms. The second-order valence-electron chi connectivity index (χ2n) is 11.0. The molecule has 0 aromatic carbocycles. The molecule has 0 radical (unpaired) electrons. The smallest absolute Gasteiger partial charge is 0.306 e. The highest BCUT2D eigenvalue weighted by molar-refractivity contribution is 5.69. The molecule has 0 aromatic heterocycles. The van der Waals surface area contributed by atoms with Crippen LogP contribution in [0.15, 0.2) is 36.5 Å². The fourth-order valence-corrected chi connectivity index (χ4v) is 4.73. The molecular formula is C35H62O4. The number of esters is 1. The fraction of sp³-hybridized carbons (Fsp3) is 0.771. The highest BCUT2D eigenvalue weighted by Gasteiger charge is 2.14. The predicted octanol–water partition coefficient (Wildman–Crippen LogP) is 11.1. The SMILES string of the molecule is CC/C=C\C/C=C\C/C=C\CCCCCCCC(=O)OC(CCCCCCC)CCCCCCCCC(=O)O. The molecule has 4 heteroatoms. The topological polar surface area (TPSA) is 63.6 Å². The Labute approximate surface area is 241 Å². The Morgan fingerprint density at radius 1 is 0.590 bits per heavy atom. The lowest BCUT2D eigenvalue weighted by atomic mass is 10.0. The molecule has 0 fully saturated rings. The van der Waals surface area contributed by atoms with Crippen LogP contribution in [0.25, 0.3) is 0 Å². The summed E-state index contributed by atoms with van der Waals surface area (Å²) in [6, 6.07) is 0. The van der Waals surface area contributed by atoms with Gasteiger partial charge in [0.1, 0.15) is 6.10 Å². The Bertz CT molecular complexity index is 635. The molecule has 0 aliphatic rings. The zero-order valence-corrected chi connectivity index (χ0v) is 25.7. The summed E-state index contributed by atoms with van der Waals surface area (Å²) >= 11 is 0. The molecule has 0 rings (SSSR count). The van der Waals surface area contributed by atoms with Gasteiger partial charge in [-0.2, -0.15) is 0 Å². The normalized spacial score (nSPS) is 12.7. The second kappa shape index (κ2) is 30.7. The molecule has 0 bridgehead atoms. The van der Waals surface area contributed by atoms with Gasteiger partial charge >= 0.3 is 11.9 Å². The summed E-state index contributed by atoms with van der Waals surface area (Å²) < 4.78 is 5.93. The van der Waals surface area contributed by atoms with Crippen LogP contribution >= 0.6 is 0 Å². The molecule has 1 atom stereocenters. The van der Waals surface area contributed by atoms with Crippen LogP contribution in [-0.2, 0) is 14.3 Å². The lowest BCUT2D eigenvalue weighted by Crippen LogP contribution is -2.18. The van der Waals surface area contributed by atoms with E-state index in [0.717, 1.165) is 96.3 Å². The average molecular weight is 547 g/mol. The Balaban J connectivity index is 3.95. The van der Waals surface area contributed by atoms with Gasteiger partial charge in [0.25, 0.3) is 0 Å². The van der Waals surface area contributed by atoms with Crippen molar-refractivity contribution >= 4 is 11.9 Å². The maximum Gasteiger partial charge on any atom is 0.306 e. The summed E-state index contributed by atoms with van der Waals surface area (Å²) in [6.07, 6.45) is 38.7. The third-order valence-electron chi connectivity index (χ3n) is 7.13. The number of aliphatic carboxylic acids is 1. The van der Waals surface area contributed by atoms with Gasteiger partial charge in [-0.25, -0.2) is 0 Å². The zero-order valence-electron chi connectivity index (χ0n) is 25.7. The van der Waals surface area contributed by atoms with Crippen molar-refractivity contribution in [2.75, 3.05) is 0 Å². The fourth-order valence-electron chi connectivity index (χ4n) is 4.73. The van der Waals surface area contributed by atoms with E-state index in [2.05, 4.69) is 50.3 Å². The van der Waals surface area contributed by atoms with Gasteiger partial charge < -0.3 is 9.84 Å². The summed E-state index contributed by atoms with van der Waals surface area (Å²) in [5.74, 6) is -0.708. The van der Waals surface area contributed by atoms with Crippen LogP contribution in [0.5, 0.6) is 0 Å². The van der Waals surface area contributed by atoms with E-state index >= 15 is 0 Å². The predicted molar refractivity (Wildman–Crippen MR) is 167 cm³/mol. The Hall–Kier alpha value is -1.84. The molecule has 0 heterocycles. The molecule has 1 N–H and O–H groups in total. The zero-order chi connectivity index (χ0) is 28.7. The maximum atomic E-state index is 12.5. The molecule has 4 nitrogen and oxygen atoms in total. The minimum Gasteiger partial charge on any atom is -0.481 e. The molecule has 0 aliphatic heterocycles. The molecule has 226 valence electrons. The summed E-state index contributed by atoms with van der Waals surface area (Å²) in [5, 5.41) is 8.72. The molecule has 1 unspecified atom stereocenters. The van der Waals surface area contributed by atoms with Crippen LogP contribution in [0.1, 0.15) is 168 Å². The number of hydrogen-bond donors (Lipinski definition) is 1. The van der Waals surface area contributed by atoms with Gasteiger partial charge in [-0.05, 0) is 70.6 Å². The molecular weight excluding hydrogens is 484 g/mol. The number of carbonyl (C=O) groups excluding carboxylic acids is 1. The molecule has 0 aliphatic carbocycles. The number of carbonyl (C=O) groups is 2. The third-order valence-corrected chi connectivity index (χ3v) is 7.13. The van der Waals surface area contributed by atoms with E-state index in [4.69, 9.17) is 9.84 Å². The van der Waals surface area contributed by atoms with Crippen molar-refractivity contribution in [3.8, 4) is 0 Å². The van der Waals surface area contributed by atoms with E-state index in [1.54, 1.807) is 0 Å². The quantitative estimate of drug-likeness (QED) is 0.0575. The number of allylic oxidation sites excluding steroid dienone is 6. The van der Waals surface area contributed by atoms with E-state index < -0.39 is 5.97 Å². The molecule has 0 aromatic rings. The van der Waals surface area contributed by atoms with Gasteiger partial charge in [0.15, 0.2) is 0 Å².